The maximum Gasteiger partial charge on any atom is 0.335 e. The van der Waals surface area contributed by atoms with Gasteiger partial charge in [-0.15, -0.1) is 16.9 Å². The normalized spacial score (nSPS) is 22.0. The molecule has 1 aromatic heterocycles. The molecule has 5 rings (SSSR count). The Morgan fingerprint density at radius 1 is 0.978 bits per heavy atom. The van der Waals surface area contributed by atoms with Crippen LogP contribution in [0, 0.1) is 5.41 Å². The molecule has 1 unspecified atom stereocenters. The minimum atomic E-state index is -3.12. The molecule has 12 heteroatoms. The maximum absolute atomic E-state index is 13.8. The number of amides is 1. The predicted octanol–water partition coefficient (Wildman–Crippen LogP) is 4.74. The number of benzene rings is 2. The molecule has 9 nitrogen and oxygen atoms in total. The van der Waals surface area contributed by atoms with Gasteiger partial charge in [-0.25, -0.2) is 4.68 Å². The molecule has 0 spiro atoms. The number of allylic oxidation sites excluding steroid dienone is 1. The third-order valence-electron chi connectivity index (χ3n) is 8.62. The van der Waals surface area contributed by atoms with Gasteiger partial charge in [0.05, 0.1) is 9.78 Å². The van der Waals surface area contributed by atoms with Crippen molar-refractivity contribution in [2.75, 3.05) is 7.11 Å². The van der Waals surface area contributed by atoms with Crippen LogP contribution in [0.3, 0.4) is 0 Å². The van der Waals surface area contributed by atoms with Crippen molar-refractivity contribution in [1.29, 1.82) is 0 Å². The van der Waals surface area contributed by atoms with Crippen molar-refractivity contribution in [1.82, 2.24) is 19.7 Å². The molecule has 0 radical (unpaired) electrons. The molecule has 0 bridgehead atoms. The van der Waals surface area contributed by atoms with Gasteiger partial charge >= 0.3 is 13.9 Å². The number of ketones is 1. The van der Waals surface area contributed by atoms with Gasteiger partial charge < -0.3 is 9.16 Å². The molecule has 244 valence electrons. The highest BCUT2D eigenvalue weighted by Crippen LogP contribution is 2.57. The third-order valence-corrected chi connectivity index (χ3v) is 16.8. The van der Waals surface area contributed by atoms with Crippen LogP contribution in [0.4, 0.5) is 0 Å². The quantitative estimate of drug-likeness (QED) is 0.247. The second kappa shape index (κ2) is 12.1. The van der Waals surface area contributed by atoms with Gasteiger partial charge in [-0.3, -0.25) is 19.3 Å². The molecule has 1 saturated heterocycles. The number of hydrogen-bond acceptors (Lipinski definition) is 9. The first-order chi connectivity index (χ1) is 21.5. The number of fused-ring (bicyclic) bond motifs is 1. The van der Waals surface area contributed by atoms with Gasteiger partial charge in [-0.1, -0.05) is 114 Å². The van der Waals surface area contributed by atoms with Gasteiger partial charge in [-0.2, -0.15) is 4.98 Å². The molecule has 0 N–H and O–H groups in total. The highest BCUT2D eigenvalue weighted by atomic mass is 32.2. The Labute approximate surface area is 280 Å². The zero-order chi connectivity index (χ0) is 33.8. The van der Waals surface area contributed by atoms with E-state index in [4.69, 9.17) is 9.16 Å². The summed E-state index contributed by atoms with van der Waals surface area (Å²) in [6.07, 6.45) is -0.669. The Morgan fingerprint density at radius 3 is 2.00 bits per heavy atom. The van der Waals surface area contributed by atoms with E-state index in [1.807, 2.05) is 71.0 Å². The molecule has 1 fully saturated rings. The first-order valence-electron chi connectivity index (χ1n) is 15.2. The second-order valence-electron chi connectivity index (χ2n) is 13.9. The number of thioether (sulfide) groups is 2. The summed E-state index contributed by atoms with van der Waals surface area (Å²) in [6.45, 7) is 15.8. The Kier molecular flexibility index (Phi) is 8.99. The summed E-state index contributed by atoms with van der Waals surface area (Å²) in [4.78, 5) is 46.6. The Hall–Kier alpha value is -3.19. The highest BCUT2D eigenvalue weighted by Gasteiger charge is 2.59. The number of Topliss-reactive ketones (excluding diaryl/α,β-unsaturated/α-hetero) is 1. The minimum absolute atomic E-state index is 0.0614. The summed E-state index contributed by atoms with van der Waals surface area (Å²) < 4.78 is 13.2. The number of aromatic nitrogens is 3. The van der Waals surface area contributed by atoms with Crippen LogP contribution >= 0.6 is 23.5 Å². The summed E-state index contributed by atoms with van der Waals surface area (Å²) in [7, 11) is 0.118. The van der Waals surface area contributed by atoms with Crippen molar-refractivity contribution in [3.63, 3.8) is 0 Å². The van der Waals surface area contributed by atoms with Crippen molar-refractivity contribution >= 4 is 53.9 Å². The second-order valence-corrected chi connectivity index (χ2v) is 21.3. The van der Waals surface area contributed by atoms with E-state index in [1.165, 1.54) is 30.6 Å². The van der Waals surface area contributed by atoms with Gasteiger partial charge in [0.15, 0.2) is 17.0 Å². The summed E-state index contributed by atoms with van der Waals surface area (Å²) in [5.41, 5.74) is -0.168. The number of methoxy groups -OCH3 is 1. The molecular formula is C34H42N4O5S2Si. The van der Waals surface area contributed by atoms with Gasteiger partial charge in [0.1, 0.15) is 5.37 Å². The first kappa shape index (κ1) is 34.1. The third kappa shape index (κ3) is 5.67. The molecule has 3 atom stereocenters. The van der Waals surface area contributed by atoms with E-state index in [0.29, 0.717) is 10.9 Å². The van der Waals surface area contributed by atoms with Crippen LogP contribution in [0.25, 0.3) is 0 Å². The molecule has 3 aromatic rings. The van der Waals surface area contributed by atoms with Crippen LogP contribution in [-0.4, -0.2) is 62.3 Å². The number of aryl methyl sites for hydroxylation is 1. The fourth-order valence-corrected chi connectivity index (χ4v) is 13.4. The summed E-state index contributed by atoms with van der Waals surface area (Å²) in [6, 6.07) is 20.1. The highest BCUT2D eigenvalue weighted by molar-refractivity contribution is 8.18. The van der Waals surface area contributed by atoms with E-state index < -0.39 is 29.5 Å². The Balaban J connectivity index is 1.58. The average Bonchev–Trinajstić information content (AvgIpc) is 2.99. The van der Waals surface area contributed by atoms with Crippen LogP contribution in [0.15, 0.2) is 81.9 Å². The standard InChI is InChI=1S/C34H42N4O5S2Si/c1-21-24(26(39)32(2,3)4)38-29(41)25(42-10)30(38)44-34(21,8)45-31-35-27(40)28(36-37(31)9)43-46(33(5,6)7,22-17-13-11-14-18-22)23-19-15-12-16-20-23/h11-20,25,30H,1-10H3/t25-,30-,34?/m0/s1. The van der Waals surface area contributed by atoms with Crippen molar-refractivity contribution < 1.29 is 18.8 Å². The first-order valence-corrected chi connectivity index (χ1v) is 18.8. The van der Waals surface area contributed by atoms with Crippen LogP contribution in [0.1, 0.15) is 55.4 Å². The molecule has 0 saturated carbocycles. The summed E-state index contributed by atoms with van der Waals surface area (Å²) in [5, 5.41) is 6.33. The summed E-state index contributed by atoms with van der Waals surface area (Å²) in [5.74, 6) is -0.413. The molecule has 3 heterocycles. The van der Waals surface area contributed by atoms with Crippen molar-refractivity contribution in [3.05, 3.63) is 82.3 Å². The van der Waals surface area contributed by atoms with E-state index in [0.717, 1.165) is 15.9 Å². The lowest BCUT2D eigenvalue weighted by Gasteiger charge is -2.54. The lowest BCUT2D eigenvalue weighted by molar-refractivity contribution is -0.160. The van der Waals surface area contributed by atoms with E-state index in [2.05, 4.69) is 55.1 Å². The van der Waals surface area contributed by atoms with Gasteiger partial charge in [0, 0.05) is 19.6 Å². The molecule has 2 aliphatic rings. The Bertz CT molecular complexity index is 1710. The molecule has 2 aliphatic heterocycles. The maximum atomic E-state index is 13.8. The van der Waals surface area contributed by atoms with Gasteiger partial charge in [0.25, 0.3) is 11.8 Å². The topological polar surface area (TPSA) is 104 Å². The molecule has 46 heavy (non-hydrogen) atoms. The Morgan fingerprint density at radius 2 is 1.52 bits per heavy atom. The van der Waals surface area contributed by atoms with Crippen LogP contribution in [-0.2, 0) is 21.4 Å². The number of ether oxygens (including phenoxy) is 1. The summed E-state index contributed by atoms with van der Waals surface area (Å²) >= 11 is 2.84. The minimum Gasteiger partial charge on any atom is -0.516 e. The van der Waals surface area contributed by atoms with Crippen LogP contribution < -0.4 is 20.4 Å². The fourth-order valence-electron chi connectivity index (χ4n) is 6.01. The number of nitrogens with zero attached hydrogens (tertiary/aromatic N) is 4. The van der Waals surface area contributed by atoms with Crippen LogP contribution in [0.5, 0.6) is 5.88 Å². The number of carbonyl (C=O) groups is 2. The smallest absolute Gasteiger partial charge is 0.335 e. The van der Waals surface area contributed by atoms with Crippen molar-refractivity contribution in [3.8, 4) is 5.88 Å². The lowest BCUT2D eigenvalue weighted by atomic mass is 9.85. The molecule has 0 aliphatic carbocycles. The van der Waals surface area contributed by atoms with E-state index in [-0.39, 0.29) is 28.0 Å². The lowest BCUT2D eigenvalue weighted by Crippen LogP contribution is -2.69. The van der Waals surface area contributed by atoms with Gasteiger partial charge in [0.2, 0.25) is 0 Å². The van der Waals surface area contributed by atoms with Crippen molar-refractivity contribution in [2.45, 2.75) is 81.1 Å². The van der Waals surface area contributed by atoms with Crippen molar-refractivity contribution in [2.24, 2.45) is 12.5 Å². The molecule has 2 aromatic carbocycles. The number of rotatable bonds is 8. The average molecular weight is 679 g/mol. The molecule has 1 amide bonds. The van der Waals surface area contributed by atoms with E-state index >= 15 is 0 Å². The van der Waals surface area contributed by atoms with E-state index in [9.17, 15) is 14.4 Å². The zero-order valence-electron chi connectivity index (χ0n) is 28.1. The number of β-lactam (4-membered cyclic amide) rings is 1. The van der Waals surface area contributed by atoms with Gasteiger partial charge in [-0.05, 0) is 34.8 Å². The van der Waals surface area contributed by atoms with E-state index in [1.54, 1.807) is 16.6 Å². The fraction of sp³-hybridized carbons (Fsp3) is 0.441. The number of carbonyl (C=O) groups excluding carboxylic acids is 2. The largest absolute Gasteiger partial charge is 0.516 e. The zero-order valence-corrected chi connectivity index (χ0v) is 30.7. The van der Waals surface area contributed by atoms with Crippen LogP contribution in [0.2, 0.25) is 5.04 Å². The number of hydrogen-bond donors (Lipinski definition) is 0. The monoisotopic (exact) mass is 678 g/mol. The SMILES string of the molecule is CO[C@H]1C(=O)N2C(C(=O)C(C)(C)C)=C(C)C(C)(Sc3nc(=O)c(O[Si](c4ccccc4)(c4ccccc4)C(C)(C)C)nn3C)S[C@@H]12. The predicted molar refractivity (Wildman–Crippen MR) is 186 cm³/mol. The molecular weight excluding hydrogens is 637 g/mol.